The number of carbonyl (C=O) groups excluding carboxylic acids is 1. The van der Waals surface area contributed by atoms with Gasteiger partial charge in [-0.3, -0.25) is 4.79 Å². The van der Waals surface area contributed by atoms with Crippen LogP contribution in [-0.4, -0.2) is 15.6 Å². The number of benzene rings is 3. The van der Waals surface area contributed by atoms with E-state index in [9.17, 15) is 9.90 Å². The second-order valence-corrected chi connectivity index (χ2v) is 7.82. The van der Waals surface area contributed by atoms with Crippen LogP contribution in [0.3, 0.4) is 0 Å². The summed E-state index contributed by atoms with van der Waals surface area (Å²) in [6.07, 6.45) is 2.47. The molecule has 0 radical (unpaired) electrons. The fourth-order valence-corrected chi connectivity index (χ4v) is 4.39. The quantitative estimate of drug-likeness (QED) is 0.474. The molecule has 4 aromatic rings. The minimum Gasteiger partial charge on any atom is -0.506 e. The Balaban J connectivity index is 1.70. The Morgan fingerprint density at radius 1 is 1.07 bits per heavy atom. The first-order valence-electron chi connectivity index (χ1n) is 9.54. The molecule has 1 aliphatic rings. The van der Waals surface area contributed by atoms with Crippen molar-refractivity contribution < 1.29 is 9.90 Å². The van der Waals surface area contributed by atoms with Crippen LogP contribution in [0.5, 0.6) is 5.75 Å². The van der Waals surface area contributed by atoms with Gasteiger partial charge in [0.05, 0.1) is 16.2 Å². The predicted octanol–water partition coefficient (Wildman–Crippen LogP) is 5.52. The molecule has 0 saturated carbocycles. The molecule has 0 aliphatic carbocycles. The van der Waals surface area contributed by atoms with Crippen LogP contribution < -0.4 is 5.32 Å². The molecule has 1 atom stereocenters. The number of nitrogens with one attached hydrogen (secondary N) is 1. The Morgan fingerprint density at radius 3 is 2.69 bits per heavy atom. The van der Waals surface area contributed by atoms with Crippen molar-refractivity contribution in [3.8, 4) is 5.75 Å². The van der Waals surface area contributed by atoms with Crippen LogP contribution >= 0.6 is 11.6 Å². The highest BCUT2D eigenvalue weighted by Gasteiger charge is 2.28. The van der Waals surface area contributed by atoms with Gasteiger partial charge in [-0.05, 0) is 41.0 Å². The van der Waals surface area contributed by atoms with Gasteiger partial charge < -0.3 is 15.0 Å². The number of anilines is 1. The summed E-state index contributed by atoms with van der Waals surface area (Å²) >= 11 is 6.17. The Labute approximate surface area is 173 Å². The zero-order valence-corrected chi connectivity index (χ0v) is 16.4. The maximum absolute atomic E-state index is 12.6. The molecule has 1 unspecified atom stereocenters. The van der Waals surface area contributed by atoms with Crippen LogP contribution in [0.15, 0.2) is 72.9 Å². The van der Waals surface area contributed by atoms with Gasteiger partial charge in [0.2, 0.25) is 5.91 Å². The Morgan fingerprint density at radius 2 is 1.90 bits per heavy atom. The van der Waals surface area contributed by atoms with Gasteiger partial charge in [0, 0.05) is 30.5 Å². The molecule has 5 heteroatoms. The number of halogens is 1. The largest absolute Gasteiger partial charge is 0.506 e. The van der Waals surface area contributed by atoms with Gasteiger partial charge in [0.25, 0.3) is 0 Å². The standard InChI is InChI=1S/C24H19ClN2O2/c25-19-11-16(9-10-22(19)28)17-12-23(29)26-20-7-4-8-21-24(20)18(17)14-27(21)13-15-5-2-1-3-6-15/h1-11,14,17,28H,12-13H2,(H,26,29). The highest BCUT2D eigenvalue weighted by molar-refractivity contribution is 6.32. The summed E-state index contributed by atoms with van der Waals surface area (Å²) < 4.78 is 2.23. The molecular formula is C24H19ClN2O2. The first kappa shape index (κ1) is 17.8. The first-order chi connectivity index (χ1) is 14.1. The van der Waals surface area contributed by atoms with E-state index in [4.69, 9.17) is 11.6 Å². The molecule has 5 rings (SSSR count). The van der Waals surface area contributed by atoms with E-state index >= 15 is 0 Å². The lowest BCUT2D eigenvalue weighted by molar-refractivity contribution is -0.116. The zero-order chi connectivity index (χ0) is 20.0. The number of aromatic nitrogens is 1. The van der Waals surface area contributed by atoms with Crippen molar-refractivity contribution in [2.24, 2.45) is 0 Å². The monoisotopic (exact) mass is 402 g/mol. The Bertz CT molecular complexity index is 1230. The van der Waals surface area contributed by atoms with E-state index in [0.29, 0.717) is 11.4 Å². The number of rotatable bonds is 3. The fourth-order valence-electron chi connectivity index (χ4n) is 4.20. The lowest BCUT2D eigenvalue weighted by atomic mass is 9.88. The highest BCUT2D eigenvalue weighted by atomic mass is 35.5. The van der Waals surface area contributed by atoms with Gasteiger partial charge in [-0.15, -0.1) is 0 Å². The molecule has 29 heavy (non-hydrogen) atoms. The van der Waals surface area contributed by atoms with E-state index < -0.39 is 0 Å². The molecule has 3 aromatic carbocycles. The SMILES string of the molecule is O=C1CC(c2ccc(O)c(Cl)c2)c2cn(Cc3ccccc3)c3cccc(c23)N1. The Hall–Kier alpha value is -3.24. The van der Waals surface area contributed by atoms with Crippen LogP contribution in [-0.2, 0) is 11.3 Å². The molecule has 0 bridgehead atoms. The number of hydrogen-bond acceptors (Lipinski definition) is 2. The predicted molar refractivity (Wildman–Crippen MR) is 116 cm³/mol. The average Bonchev–Trinajstić information content (AvgIpc) is 3.01. The van der Waals surface area contributed by atoms with E-state index in [0.717, 1.165) is 34.3 Å². The van der Waals surface area contributed by atoms with Gasteiger partial charge in [-0.25, -0.2) is 0 Å². The average molecular weight is 403 g/mol. The van der Waals surface area contributed by atoms with Crippen LogP contribution in [0.2, 0.25) is 5.02 Å². The van der Waals surface area contributed by atoms with Crippen molar-refractivity contribution in [2.75, 3.05) is 5.32 Å². The van der Waals surface area contributed by atoms with Crippen LogP contribution in [0.25, 0.3) is 10.9 Å². The maximum Gasteiger partial charge on any atom is 0.225 e. The molecule has 0 fully saturated rings. The summed E-state index contributed by atoms with van der Waals surface area (Å²) in [6.45, 7) is 0.748. The molecule has 4 nitrogen and oxygen atoms in total. The van der Waals surface area contributed by atoms with Gasteiger partial charge in [0.1, 0.15) is 5.75 Å². The van der Waals surface area contributed by atoms with E-state index in [-0.39, 0.29) is 17.6 Å². The molecule has 1 amide bonds. The number of nitrogens with zero attached hydrogens (tertiary/aromatic N) is 1. The summed E-state index contributed by atoms with van der Waals surface area (Å²) in [5.41, 5.74) is 5.14. The number of aromatic hydroxyl groups is 1. The maximum atomic E-state index is 12.6. The number of phenolic OH excluding ortho intramolecular Hbond substituents is 1. The van der Waals surface area contributed by atoms with Gasteiger partial charge in [0.15, 0.2) is 0 Å². The minimum atomic E-state index is -0.142. The van der Waals surface area contributed by atoms with Gasteiger partial charge in [-0.1, -0.05) is 54.1 Å². The van der Waals surface area contributed by atoms with Crippen LogP contribution in [0.4, 0.5) is 5.69 Å². The van der Waals surface area contributed by atoms with E-state index in [2.05, 4.69) is 34.3 Å². The van der Waals surface area contributed by atoms with E-state index in [1.54, 1.807) is 12.1 Å². The molecule has 1 aliphatic heterocycles. The van der Waals surface area contributed by atoms with Crippen molar-refractivity contribution in [1.29, 1.82) is 0 Å². The summed E-state index contributed by atoms with van der Waals surface area (Å²) in [6, 6.07) is 21.5. The third kappa shape index (κ3) is 3.15. The summed E-state index contributed by atoms with van der Waals surface area (Å²) in [4.78, 5) is 12.6. The summed E-state index contributed by atoms with van der Waals surface area (Å²) in [7, 11) is 0. The lowest BCUT2D eigenvalue weighted by Gasteiger charge is -2.15. The first-order valence-corrected chi connectivity index (χ1v) is 9.92. The van der Waals surface area contributed by atoms with E-state index in [1.165, 1.54) is 5.56 Å². The molecule has 2 N–H and O–H groups in total. The van der Waals surface area contributed by atoms with Crippen molar-refractivity contribution >= 4 is 34.1 Å². The second kappa shape index (κ2) is 6.98. The molecule has 0 spiro atoms. The van der Waals surface area contributed by atoms with Gasteiger partial charge >= 0.3 is 0 Å². The minimum absolute atomic E-state index is 0.0301. The molecule has 144 valence electrons. The van der Waals surface area contributed by atoms with Crippen molar-refractivity contribution in [1.82, 2.24) is 4.57 Å². The fraction of sp³-hybridized carbons (Fsp3) is 0.125. The number of hydrogen-bond donors (Lipinski definition) is 2. The molecule has 1 aromatic heterocycles. The van der Waals surface area contributed by atoms with Gasteiger partial charge in [-0.2, -0.15) is 0 Å². The third-order valence-electron chi connectivity index (χ3n) is 5.54. The number of amides is 1. The van der Waals surface area contributed by atoms with E-state index in [1.807, 2.05) is 36.4 Å². The zero-order valence-electron chi connectivity index (χ0n) is 15.6. The lowest BCUT2D eigenvalue weighted by Crippen LogP contribution is -2.14. The van der Waals surface area contributed by atoms with Crippen LogP contribution in [0.1, 0.15) is 29.0 Å². The number of phenols is 1. The second-order valence-electron chi connectivity index (χ2n) is 7.41. The highest BCUT2D eigenvalue weighted by Crippen LogP contribution is 2.42. The number of carbonyl (C=O) groups is 1. The van der Waals surface area contributed by atoms with Crippen molar-refractivity contribution in [2.45, 2.75) is 18.9 Å². The molecule has 2 heterocycles. The van der Waals surface area contributed by atoms with Crippen molar-refractivity contribution in [3.05, 3.63) is 94.6 Å². The van der Waals surface area contributed by atoms with Crippen molar-refractivity contribution in [3.63, 3.8) is 0 Å². The normalized spacial score (nSPS) is 15.9. The summed E-state index contributed by atoms with van der Waals surface area (Å²) in [5, 5.41) is 14.2. The molecular weight excluding hydrogens is 384 g/mol. The third-order valence-corrected chi connectivity index (χ3v) is 5.85. The topological polar surface area (TPSA) is 54.3 Å². The Kier molecular flexibility index (Phi) is 4.29. The summed E-state index contributed by atoms with van der Waals surface area (Å²) in [5.74, 6) is -0.130. The van der Waals surface area contributed by atoms with Crippen LogP contribution in [0, 0.1) is 0 Å². The smallest absolute Gasteiger partial charge is 0.225 e. The molecule has 0 saturated heterocycles.